The van der Waals surface area contributed by atoms with E-state index < -0.39 is 0 Å². The smallest absolute Gasteiger partial charge is 0.123 e. The Balaban J connectivity index is 1.56. The minimum atomic E-state index is -0.194. The van der Waals surface area contributed by atoms with Crippen LogP contribution in [0.15, 0.2) is 67.3 Å². The van der Waals surface area contributed by atoms with Crippen LogP contribution in [0.3, 0.4) is 0 Å². The van der Waals surface area contributed by atoms with Gasteiger partial charge < -0.3 is 9.88 Å². The molecular formula is C19H20FN3. The lowest BCUT2D eigenvalue weighted by Crippen LogP contribution is -2.18. The molecule has 1 heterocycles. The summed E-state index contributed by atoms with van der Waals surface area (Å²) in [4.78, 5) is 4.05. The van der Waals surface area contributed by atoms with E-state index in [4.69, 9.17) is 0 Å². The minimum absolute atomic E-state index is 0.108. The van der Waals surface area contributed by atoms with E-state index in [1.807, 2.05) is 30.1 Å². The van der Waals surface area contributed by atoms with Crippen molar-refractivity contribution in [2.24, 2.45) is 0 Å². The first kappa shape index (κ1) is 15.4. The van der Waals surface area contributed by atoms with Crippen molar-refractivity contribution < 1.29 is 4.39 Å². The minimum Gasteiger partial charge on any atom is -0.333 e. The van der Waals surface area contributed by atoms with Crippen LogP contribution in [0.2, 0.25) is 0 Å². The Morgan fingerprint density at radius 2 is 1.91 bits per heavy atom. The number of hydrogen-bond acceptors (Lipinski definition) is 2. The molecule has 1 aromatic heterocycles. The SMILES string of the molecule is CC(NCc1ccc(Cn2ccnc2)cc1)c1cccc(F)c1. The third-order valence-corrected chi connectivity index (χ3v) is 3.91. The van der Waals surface area contributed by atoms with Gasteiger partial charge in [-0.1, -0.05) is 36.4 Å². The molecule has 118 valence electrons. The first-order chi connectivity index (χ1) is 11.2. The average molecular weight is 309 g/mol. The number of benzene rings is 2. The second-order valence-corrected chi connectivity index (χ2v) is 5.71. The van der Waals surface area contributed by atoms with Crippen molar-refractivity contribution in [2.45, 2.75) is 26.1 Å². The highest BCUT2D eigenvalue weighted by Crippen LogP contribution is 2.14. The molecule has 3 nitrogen and oxygen atoms in total. The maximum atomic E-state index is 13.3. The summed E-state index contributed by atoms with van der Waals surface area (Å²) in [5.41, 5.74) is 3.41. The number of halogens is 1. The summed E-state index contributed by atoms with van der Waals surface area (Å²) in [7, 11) is 0. The summed E-state index contributed by atoms with van der Waals surface area (Å²) in [6.07, 6.45) is 5.55. The van der Waals surface area contributed by atoms with Crippen LogP contribution in [-0.4, -0.2) is 9.55 Å². The fraction of sp³-hybridized carbons (Fsp3) is 0.211. The van der Waals surface area contributed by atoms with Crippen LogP contribution in [0.25, 0.3) is 0 Å². The Labute approximate surface area is 135 Å². The van der Waals surface area contributed by atoms with E-state index in [0.29, 0.717) is 0 Å². The maximum absolute atomic E-state index is 13.3. The molecule has 1 unspecified atom stereocenters. The normalized spacial score (nSPS) is 12.3. The summed E-state index contributed by atoms with van der Waals surface area (Å²) >= 11 is 0. The second-order valence-electron chi connectivity index (χ2n) is 5.71. The fourth-order valence-corrected chi connectivity index (χ4v) is 2.52. The van der Waals surface area contributed by atoms with Crippen molar-refractivity contribution in [1.29, 1.82) is 0 Å². The topological polar surface area (TPSA) is 29.9 Å². The van der Waals surface area contributed by atoms with Crippen LogP contribution in [0, 0.1) is 5.82 Å². The summed E-state index contributed by atoms with van der Waals surface area (Å²) in [5.74, 6) is -0.194. The summed E-state index contributed by atoms with van der Waals surface area (Å²) in [5, 5.41) is 3.43. The molecule has 0 bridgehead atoms. The van der Waals surface area contributed by atoms with Crippen LogP contribution in [0.1, 0.15) is 29.7 Å². The van der Waals surface area contributed by atoms with Crippen molar-refractivity contribution in [3.05, 3.63) is 89.8 Å². The highest BCUT2D eigenvalue weighted by Gasteiger charge is 2.05. The maximum Gasteiger partial charge on any atom is 0.123 e. The molecule has 0 amide bonds. The third kappa shape index (κ3) is 4.27. The van der Waals surface area contributed by atoms with E-state index in [9.17, 15) is 4.39 Å². The molecule has 1 atom stereocenters. The number of hydrogen-bond donors (Lipinski definition) is 1. The monoisotopic (exact) mass is 309 g/mol. The summed E-state index contributed by atoms with van der Waals surface area (Å²) in [6.45, 7) is 3.62. The third-order valence-electron chi connectivity index (χ3n) is 3.91. The zero-order valence-corrected chi connectivity index (χ0v) is 13.1. The van der Waals surface area contributed by atoms with Gasteiger partial charge in [0, 0.05) is 31.5 Å². The molecule has 3 aromatic rings. The molecule has 2 aromatic carbocycles. The van der Waals surface area contributed by atoms with Gasteiger partial charge >= 0.3 is 0 Å². The largest absolute Gasteiger partial charge is 0.333 e. The molecule has 0 saturated heterocycles. The van der Waals surface area contributed by atoms with Gasteiger partial charge in [-0.25, -0.2) is 9.37 Å². The molecule has 0 radical (unpaired) electrons. The molecule has 1 N–H and O–H groups in total. The molecule has 23 heavy (non-hydrogen) atoms. The van der Waals surface area contributed by atoms with Gasteiger partial charge in [0.25, 0.3) is 0 Å². The van der Waals surface area contributed by atoms with E-state index in [1.54, 1.807) is 18.3 Å². The van der Waals surface area contributed by atoms with Crippen LogP contribution < -0.4 is 5.32 Å². The number of nitrogens with zero attached hydrogens (tertiary/aromatic N) is 2. The lowest BCUT2D eigenvalue weighted by atomic mass is 10.1. The highest BCUT2D eigenvalue weighted by atomic mass is 19.1. The van der Waals surface area contributed by atoms with Gasteiger partial charge in [0.05, 0.1) is 6.33 Å². The lowest BCUT2D eigenvalue weighted by Gasteiger charge is -2.14. The van der Waals surface area contributed by atoms with Crippen molar-refractivity contribution in [3.8, 4) is 0 Å². The number of rotatable bonds is 6. The fourth-order valence-electron chi connectivity index (χ4n) is 2.52. The molecule has 0 saturated carbocycles. The van der Waals surface area contributed by atoms with Crippen molar-refractivity contribution in [3.63, 3.8) is 0 Å². The van der Waals surface area contributed by atoms with E-state index >= 15 is 0 Å². The van der Waals surface area contributed by atoms with Gasteiger partial charge in [-0.15, -0.1) is 0 Å². The van der Waals surface area contributed by atoms with Gasteiger partial charge in [-0.2, -0.15) is 0 Å². The standard InChI is InChI=1S/C19H20FN3/c1-15(18-3-2-4-19(20)11-18)22-12-16-5-7-17(8-6-16)13-23-10-9-21-14-23/h2-11,14-15,22H,12-13H2,1H3. The Kier molecular flexibility index (Phi) is 4.83. The van der Waals surface area contributed by atoms with Gasteiger partial charge in [0.1, 0.15) is 5.82 Å². The first-order valence-corrected chi connectivity index (χ1v) is 7.73. The van der Waals surface area contributed by atoms with Crippen LogP contribution >= 0.6 is 0 Å². The van der Waals surface area contributed by atoms with Crippen LogP contribution in [-0.2, 0) is 13.1 Å². The van der Waals surface area contributed by atoms with Gasteiger partial charge in [-0.3, -0.25) is 0 Å². The van der Waals surface area contributed by atoms with E-state index in [-0.39, 0.29) is 11.9 Å². The highest BCUT2D eigenvalue weighted by molar-refractivity contribution is 5.24. The van der Waals surface area contributed by atoms with E-state index in [0.717, 1.165) is 18.7 Å². The molecule has 0 aliphatic heterocycles. The Hall–Kier alpha value is -2.46. The van der Waals surface area contributed by atoms with Crippen molar-refractivity contribution in [2.75, 3.05) is 0 Å². The second kappa shape index (κ2) is 7.20. The van der Waals surface area contributed by atoms with Gasteiger partial charge in [-0.05, 0) is 35.7 Å². The Morgan fingerprint density at radius 1 is 1.13 bits per heavy atom. The predicted octanol–water partition coefficient (Wildman–Crippen LogP) is 3.92. The van der Waals surface area contributed by atoms with Crippen LogP contribution in [0.4, 0.5) is 4.39 Å². The zero-order chi connectivity index (χ0) is 16.1. The summed E-state index contributed by atoms with van der Waals surface area (Å²) < 4.78 is 15.3. The zero-order valence-electron chi connectivity index (χ0n) is 13.1. The van der Waals surface area contributed by atoms with Gasteiger partial charge in [0.2, 0.25) is 0 Å². The molecule has 0 fully saturated rings. The summed E-state index contributed by atoms with van der Waals surface area (Å²) in [6, 6.07) is 15.3. The molecular weight excluding hydrogens is 289 g/mol. The number of imidazole rings is 1. The Bertz CT molecular complexity index is 736. The molecule has 0 aliphatic rings. The van der Waals surface area contributed by atoms with Crippen molar-refractivity contribution in [1.82, 2.24) is 14.9 Å². The predicted molar refractivity (Wildman–Crippen MR) is 89.4 cm³/mol. The molecule has 4 heteroatoms. The quantitative estimate of drug-likeness (QED) is 0.748. The number of nitrogens with one attached hydrogen (secondary N) is 1. The molecule has 0 spiro atoms. The lowest BCUT2D eigenvalue weighted by molar-refractivity contribution is 0.565. The number of aromatic nitrogens is 2. The van der Waals surface area contributed by atoms with Gasteiger partial charge in [0.15, 0.2) is 0 Å². The first-order valence-electron chi connectivity index (χ1n) is 7.73. The average Bonchev–Trinajstić information content (AvgIpc) is 3.07. The molecule has 3 rings (SSSR count). The Morgan fingerprint density at radius 3 is 2.61 bits per heavy atom. The van der Waals surface area contributed by atoms with E-state index in [1.165, 1.54) is 17.2 Å². The van der Waals surface area contributed by atoms with Crippen LogP contribution in [0.5, 0.6) is 0 Å². The van der Waals surface area contributed by atoms with Crippen molar-refractivity contribution >= 4 is 0 Å². The van der Waals surface area contributed by atoms with E-state index in [2.05, 4.69) is 34.6 Å². The molecule has 0 aliphatic carbocycles.